The first-order valence-corrected chi connectivity index (χ1v) is 5.99. The monoisotopic (exact) mass is 242 g/mol. The van der Waals surface area contributed by atoms with Gasteiger partial charge < -0.3 is 10.1 Å². The lowest BCUT2D eigenvalue weighted by Gasteiger charge is -2.19. The van der Waals surface area contributed by atoms with Crippen LogP contribution < -0.4 is 4.90 Å². The Bertz CT molecular complexity index is 540. The summed E-state index contributed by atoms with van der Waals surface area (Å²) in [6, 6.07) is 4.21. The fourth-order valence-corrected chi connectivity index (χ4v) is 2.35. The molecule has 0 fully saturated rings. The molecule has 0 spiro atoms. The Labute approximate surface area is 108 Å². The molecule has 0 saturated carbocycles. The van der Waals surface area contributed by atoms with E-state index in [0.717, 1.165) is 28.8 Å². The van der Waals surface area contributed by atoms with Crippen LogP contribution in [-0.2, 0) is 0 Å². The third-order valence-corrected chi connectivity index (χ3v) is 3.27. The first-order chi connectivity index (χ1) is 8.65. The molecule has 18 heavy (non-hydrogen) atoms. The molecule has 1 aromatic rings. The predicted molar refractivity (Wildman–Crippen MR) is 76.6 cm³/mol. The van der Waals surface area contributed by atoms with E-state index in [4.69, 9.17) is 5.21 Å². The van der Waals surface area contributed by atoms with Crippen molar-refractivity contribution in [2.45, 2.75) is 13.3 Å². The largest absolute Gasteiger partial charge is 0.411 e. The van der Waals surface area contributed by atoms with Gasteiger partial charge in [-0.3, -0.25) is 0 Å². The Morgan fingerprint density at radius 2 is 2.11 bits per heavy atom. The van der Waals surface area contributed by atoms with Gasteiger partial charge in [-0.05, 0) is 36.1 Å². The normalized spacial score (nSPS) is 14.3. The molecule has 0 heterocycles. The molecule has 1 N–H and O–H groups in total. The number of rotatable bonds is 3. The Hall–Kier alpha value is -2.03. The third kappa shape index (κ3) is 2.16. The average molecular weight is 242 g/mol. The number of hydrogen-bond acceptors (Lipinski definition) is 3. The maximum absolute atomic E-state index is 8.86. The quantitative estimate of drug-likeness (QED) is 0.502. The Kier molecular flexibility index (Phi) is 3.51. The predicted octanol–water partition coefficient (Wildman–Crippen LogP) is 3.21. The van der Waals surface area contributed by atoms with Crippen molar-refractivity contribution in [2.75, 3.05) is 19.0 Å². The van der Waals surface area contributed by atoms with Gasteiger partial charge in [-0.1, -0.05) is 29.5 Å². The summed E-state index contributed by atoms with van der Waals surface area (Å²) in [7, 11) is 4.02. The number of allylic oxidation sites excluding steroid dienone is 4. The Balaban J connectivity index is 2.57. The minimum atomic E-state index is 0.938. The highest BCUT2D eigenvalue weighted by Gasteiger charge is 2.13. The number of nitrogens with zero attached hydrogens (tertiary/aromatic N) is 2. The van der Waals surface area contributed by atoms with Crippen molar-refractivity contribution in [1.82, 2.24) is 0 Å². The second-order valence-corrected chi connectivity index (χ2v) is 4.63. The fourth-order valence-electron chi connectivity index (χ4n) is 2.35. The van der Waals surface area contributed by atoms with Crippen LogP contribution in [0.5, 0.6) is 0 Å². The molecule has 0 unspecified atom stereocenters. The van der Waals surface area contributed by atoms with Crippen molar-refractivity contribution in [3.05, 3.63) is 47.1 Å². The number of benzene rings is 1. The summed E-state index contributed by atoms with van der Waals surface area (Å²) in [6.07, 6.45) is 8.76. The number of hydrogen-bond donors (Lipinski definition) is 1. The van der Waals surface area contributed by atoms with Gasteiger partial charge in [0.1, 0.15) is 0 Å². The molecule has 0 aromatic heterocycles. The van der Waals surface area contributed by atoms with E-state index < -0.39 is 0 Å². The van der Waals surface area contributed by atoms with E-state index in [1.807, 2.05) is 14.1 Å². The summed E-state index contributed by atoms with van der Waals surface area (Å²) in [6.45, 7) is 2.05. The topological polar surface area (TPSA) is 35.8 Å². The van der Waals surface area contributed by atoms with Crippen molar-refractivity contribution in [3.8, 4) is 0 Å². The fraction of sp³-hybridized carbons (Fsp3) is 0.267. The van der Waals surface area contributed by atoms with Crippen LogP contribution in [-0.4, -0.2) is 25.5 Å². The molecule has 1 aliphatic rings. The van der Waals surface area contributed by atoms with Gasteiger partial charge in [0, 0.05) is 25.3 Å². The summed E-state index contributed by atoms with van der Waals surface area (Å²) in [4.78, 5) is 2.06. The second-order valence-electron chi connectivity index (χ2n) is 4.63. The minimum absolute atomic E-state index is 0.938. The van der Waals surface area contributed by atoms with Crippen LogP contribution in [0.25, 0.3) is 5.57 Å². The zero-order chi connectivity index (χ0) is 13.1. The summed E-state index contributed by atoms with van der Waals surface area (Å²) in [5.74, 6) is 0. The molecule has 3 heteroatoms. The summed E-state index contributed by atoms with van der Waals surface area (Å²) >= 11 is 0. The first-order valence-electron chi connectivity index (χ1n) is 5.99. The van der Waals surface area contributed by atoms with E-state index in [0.29, 0.717) is 0 Å². The number of oxime groups is 1. The maximum Gasteiger partial charge on any atom is 0.0743 e. The maximum atomic E-state index is 8.86. The van der Waals surface area contributed by atoms with Crippen molar-refractivity contribution < 1.29 is 5.21 Å². The van der Waals surface area contributed by atoms with Gasteiger partial charge in [0.05, 0.1) is 6.21 Å². The van der Waals surface area contributed by atoms with Gasteiger partial charge in [0.15, 0.2) is 0 Å². The van der Waals surface area contributed by atoms with Crippen molar-refractivity contribution in [2.24, 2.45) is 5.16 Å². The van der Waals surface area contributed by atoms with Crippen LogP contribution in [0.4, 0.5) is 5.69 Å². The lowest BCUT2D eigenvalue weighted by molar-refractivity contribution is 0.322. The molecular formula is C15H18N2O. The minimum Gasteiger partial charge on any atom is -0.411 e. The van der Waals surface area contributed by atoms with E-state index in [2.05, 4.69) is 47.3 Å². The van der Waals surface area contributed by atoms with Crippen molar-refractivity contribution in [1.29, 1.82) is 0 Å². The molecular weight excluding hydrogens is 224 g/mol. The van der Waals surface area contributed by atoms with Gasteiger partial charge in [-0.2, -0.15) is 0 Å². The van der Waals surface area contributed by atoms with Gasteiger partial charge in [0.25, 0.3) is 0 Å². The molecule has 0 atom stereocenters. The van der Waals surface area contributed by atoms with Gasteiger partial charge in [0.2, 0.25) is 0 Å². The average Bonchev–Trinajstić information content (AvgIpc) is 2.84. The summed E-state index contributed by atoms with van der Waals surface area (Å²) in [5, 5.41) is 12.1. The third-order valence-electron chi connectivity index (χ3n) is 3.27. The SMILES string of the molecule is Cc1c(N(C)C)ccc(C2=CC=CC2)c1C=NO. The first kappa shape index (κ1) is 12.4. The number of anilines is 1. The molecule has 94 valence electrons. The van der Waals surface area contributed by atoms with Crippen molar-refractivity contribution >= 4 is 17.5 Å². The smallest absolute Gasteiger partial charge is 0.0743 e. The molecule has 3 nitrogen and oxygen atoms in total. The van der Waals surface area contributed by atoms with E-state index >= 15 is 0 Å². The van der Waals surface area contributed by atoms with E-state index in [1.54, 1.807) is 0 Å². The molecule has 0 bridgehead atoms. The molecule has 0 amide bonds. The Morgan fingerprint density at radius 3 is 2.67 bits per heavy atom. The molecule has 0 radical (unpaired) electrons. The second kappa shape index (κ2) is 5.08. The highest BCUT2D eigenvalue weighted by Crippen LogP contribution is 2.31. The molecule has 1 aliphatic carbocycles. The zero-order valence-corrected chi connectivity index (χ0v) is 11.0. The standard InChI is InChI=1S/C15H18N2O/c1-11-14(10-16-18)13(12-6-4-5-7-12)8-9-15(11)17(2)3/h4-6,8-10,18H,7H2,1-3H3. The highest BCUT2D eigenvalue weighted by atomic mass is 16.4. The van der Waals surface area contributed by atoms with Crippen LogP contribution in [0.3, 0.4) is 0 Å². The molecule has 2 rings (SSSR count). The molecule has 0 saturated heterocycles. The van der Waals surface area contributed by atoms with E-state index in [9.17, 15) is 0 Å². The van der Waals surface area contributed by atoms with Gasteiger partial charge >= 0.3 is 0 Å². The van der Waals surface area contributed by atoms with Gasteiger partial charge in [-0.25, -0.2) is 0 Å². The van der Waals surface area contributed by atoms with E-state index in [-0.39, 0.29) is 0 Å². The summed E-state index contributed by atoms with van der Waals surface area (Å²) in [5.41, 5.74) is 5.65. The van der Waals surface area contributed by atoms with Gasteiger partial charge in [-0.15, -0.1) is 0 Å². The highest BCUT2D eigenvalue weighted by molar-refractivity contribution is 5.93. The lowest BCUT2D eigenvalue weighted by Crippen LogP contribution is -2.12. The zero-order valence-electron chi connectivity index (χ0n) is 11.0. The van der Waals surface area contributed by atoms with Crippen LogP contribution in [0.15, 0.2) is 35.5 Å². The molecule has 1 aromatic carbocycles. The van der Waals surface area contributed by atoms with Crippen molar-refractivity contribution in [3.63, 3.8) is 0 Å². The van der Waals surface area contributed by atoms with E-state index in [1.165, 1.54) is 11.8 Å². The lowest BCUT2D eigenvalue weighted by atomic mass is 9.94. The van der Waals surface area contributed by atoms with Crippen LogP contribution in [0.1, 0.15) is 23.1 Å². The van der Waals surface area contributed by atoms with Crippen LogP contribution >= 0.6 is 0 Å². The summed E-state index contributed by atoms with van der Waals surface area (Å²) < 4.78 is 0. The van der Waals surface area contributed by atoms with Crippen LogP contribution in [0, 0.1) is 6.92 Å². The molecule has 0 aliphatic heterocycles. The van der Waals surface area contributed by atoms with Crippen LogP contribution in [0.2, 0.25) is 0 Å². The Morgan fingerprint density at radius 1 is 1.33 bits per heavy atom.